The zero-order valence-electron chi connectivity index (χ0n) is 9.28. The number of fused-ring (bicyclic) bond motifs is 1. The van der Waals surface area contributed by atoms with E-state index in [1.165, 1.54) is 12.1 Å². The maximum absolute atomic E-state index is 13.0. The molecule has 0 saturated carbocycles. The highest BCUT2D eigenvalue weighted by molar-refractivity contribution is 5.75. The second-order valence-corrected chi connectivity index (χ2v) is 4.43. The molecule has 4 nitrogen and oxygen atoms in total. The van der Waals surface area contributed by atoms with E-state index in [0.29, 0.717) is 24.6 Å². The highest BCUT2D eigenvalue weighted by atomic mass is 19.1. The highest BCUT2D eigenvalue weighted by Crippen LogP contribution is 2.17. The van der Waals surface area contributed by atoms with Crippen LogP contribution in [-0.2, 0) is 11.3 Å². The monoisotopic (exact) mass is 236 g/mol. The van der Waals surface area contributed by atoms with E-state index in [2.05, 4.69) is 4.98 Å². The van der Waals surface area contributed by atoms with Crippen LogP contribution in [0.1, 0.15) is 6.42 Å². The van der Waals surface area contributed by atoms with E-state index in [9.17, 15) is 9.18 Å². The molecule has 2 heterocycles. The van der Waals surface area contributed by atoms with Gasteiger partial charge in [0.2, 0.25) is 0 Å². The maximum atomic E-state index is 13.0. The summed E-state index contributed by atoms with van der Waals surface area (Å²) in [4.78, 5) is 14.5. The number of benzene rings is 1. The summed E-state index contributed by atoms with van der Waals surface area (Å²) in [6.45, 7) is 2.08. The van der Waals surface area contributed by atoms with E-state index in [4.69, 9.17) is 4.74 Å². The van der Waals surface area contributed by atoms with Crippen molar-refractivity contribution in [2.24, 2.45) is 5.92 Å². The Kier molecular flexibility index (Phi) is 2.48. The zero-order valence-corrected chi connectivity index (χ0v) is 9.28. The van der Waals surface area contributed by atoms with E-state index < -0.39 is 0 Å². The van der Waals surface area contributed by atoms with Crippen molar-refractivity contribution >= 4 is 11.0 Å². The van der Waals surface area contributed by atoms with Crippen molar-refractivity contribution in [1.29, 1.82) is 0 Å². The predicted molar refractivity (Wildman–Crippen MR) is 61.4 cm³/mol. The number of ether oxygens (including phenoxy) is 1. The fourth-order valence-electron chi connectivity index (χ4n) is 2.30. The smallest absolute Gasteiger partial charge is 0.326 e. The predicted octanol–water partition coefficient (Wildman–Crippen LogP) is 1.51. The highest BCUT2D eigenvalue weighted by Gasteiger charge is 2.18. The van der Waals surface area contributed by atoms with Gasteiger partial charge in [-0.1, -0.05) is 0 Å². The first-order chi connectivity index (χ1) is 8.24. The van der Waals surface area contributed by atoms with Crippen molar-refractivity contribution in [3.63, 3.8) is 0 Å². The lowest BCUT2D eigenvalue weighted by atomic mass is 10.1. The van der Waals surface area contributed by atoms with E-state index in [1.54, 1.807) is 10.6 Å². The average molecular weight is 236 g/mol. The zero-order chi connectivity index (χ0) is 11.8. The molecule has 0 spiro atoms. The Morgan fingerprint density at radius 3 is 3.18 bits per heavy atom. The van der Waals surface area contributed by atoms with E-state index in [0.717, 1.165) is 18.5 Å². The molecule has 1 aliphatic rings. The third kappa shape index (κ3) is 1.86. The molecule has 1 fully saturated rings. The molecular formula is C12H13FN2O2. The van der Waals surface area contributed by atoms with Crippen LogP contribution in [0.2, 0.25) is 0 Å². The van der Waals surface area contributed by atoms with Crippen LogP contribution >= 0.6 is 0 Å². The molecule has 1 aromatic carbocycles. The van der Waals surface area contributed by atoms with Crippen LogP contribution in [0, 0.1) is 11.7 Å². The first-order valence-corrected chi connectivity index (χ1v) is 5.70. The number of H-pyrrole nitrogens is 1. The second kappa shape index (κ2) is 4.00. The van der Waals surface area contributed by atoms with Crippen molar-refractivity contribution < 1.29 is 9.13 Å². The van der Waals surface area contributed by atoms with E-state index >= 15 is 0 Å². The van der Waals surface area contributed by atoms with Crippen LogP contribution in [0.5, 0.6) is 0 Å². The molecule has 1 N–H and O–H groups in total. The molecule has 17 heavy (non-hydrogen) atoms. The molecule has 90 valence electrons. The normalized spacial score (nSPS) is 20.2. The molecule has 0 amide bonds. The third-order valence-electron chi connectivity index (χ3n) is 3.20. The first kappa shape index (κ1) is 10.5. The molecule has 1 aromatic heterocycles. The van der Waals surface area contributed by atoms with Gasteiger partial charge in [-0.15, -0.1) is 0 Å². The summed E-state index contributed by atoms with van der Waals surface area (Å²) in [5, 5.41) is 0. The molecule has 1 saturated heterocycles. The number of aromatic nitrogens is 2. The van der Waals surface area contributed by atoms with Gasteiger partial charge in [0.15, 0.2) is 0 Å². The Balaban J connectivity index is 2.02. The van der Waals surface area contributed by atoms with Crippen molar-refractivity contribution in [1.82, 2.24) is 9.55 Å². The lowest BCUT2D eigenvalue weighted by Crippen LogP contribution is -2.21. The van der Waals surface area contributed by atoms with Crippen molar-refractivity contribution in [2.45, 2.75) is 13.0 Å². The number of hydrogen-bond donors (Lipinski definition) is 1. The molecule has 1 aliphatic heterocycles. The van der Waals surface area contributed by atoms with Crippen molar-refractivity contribution in [3.05, 3.63) is 34.5 Å². The van der Waals surface area contributed by atoms with Crippen molar-refractivity contribution in [2.75, 3.05) is 13.2 Å². The molecular weight excluding hydrogens is 223 g/mol. The lowest BCUT2D eigenvalue weighted by Gasteiger charge is -2.08. The number of imidazole rings is 1. The summed E-state index contributed by atoms with van der Waals surface area (Å²) >= 11 is 0. The molecule has 0 bridgehead atoms. The molecule has 0 aliphatic carbocycles. The average Bonchev–Trinajstić information content (AvgIpc) is 2.88. The van der Waals surface area contributed by atoms with Gasteiger partial charge in [0, 0.05) is 19.1 Å². The third-order valence-corrected chi connectivity index (χ3v) is 3.20. The largest absolute Gasteiger partial charge is 0.381 e. The lowest BCUT2D eigenvalue weighted by molar-refractivity contribution is 0.182. The number of aromatic amines is 1. The Hall–Kier alpha value is -1.62. The molecule has 1 unspecified atom stereocenters. The SMILES string of the molecule is O=c1[nH]c2cc(F)ccc2n1CC1CCOC1. The van der Waals surface area contributed by atoms with Gasteiger partial charge < -0.3 is 9.72 Å². The van der Waals surface area contributed by atoms with Crippen molar-refractivity contribution in [3.8, 4) is 0 Å². The Labute approximate surface area is 97.0 Å². The number of halogens is 1. The Morgan fingerprint density at radius 1 is 1.53 bits per heavy atom. The van der Waals surface area contributed by atoms with Gasteiger partial charge in [-0.25, -0.2) is 9.18 Å². The standard InChI is InChI=1S/C12H13FN2O2/c13-9-1-2-11-10(5-9)14-12(16)15(11)6-8-3-4-17-7-8/h1-2,5,8H,3-4,6-7H2,(H,14,16). The first-order valence-electron chi connectivity index (χ1n) is 5.70. The fourth-order valence-corrected chi connectivity index (χ4v) is 2.30. The van der Waals surface area contributed by atoms with Gasteiger partial charge in [-0.2, -0.15) is 0 Å². The quantitative estimate of drug-likeness (QED) is 0.859. The van der Waals surface area contributed by atoms with Gasteiger partial charge in [-0.3, -0.25) is 4.57 Å². The van der Waals surface area contributed by atoms with Crippen LogP contribution in [0.25, 0.3) is 11.0 Å². The van der Waals surface area contributed by atoms with Gasteiger partial charge in [-0.05, 0) is 24.6 Å². The number of hydrogen-bond acceptors (Lipinski definition) is 2. The second-order valence-electron chi connectivity index (χ2n) is 4.43. The maximum Gasteiger partial charge on any atom is 0.326 e. The Bertz CT molecular complexity index is 596. The van der Waals surface area contributed by atoms with E-state index in [-0.39, 0.29) is 11.5 Å². The van der Waals surface area contributed by atoms with Gasteiger partial charge in [0.05, 0.1) is 17.6 Å². The molecule has 0 radical (unpaired) electrons. The summed E-state index contributed by atoms with van der Waals surface area (Å²) < 4.78 is 20.0. The molecule has 2 aromatic rings. The van der Waals surface area contributed by atoms with Crippen LogP contribution < -0.4 is 5.69 Å². The molecule has 5 heteroatoms. The topological polar surface area (TPSA) is 47.0 Å². The van der Waals surface area contributed by atoms with Crippen LogP contribution in [0.4, 0.5) is 4.39 Å². The Morgan fingerprint density at radius 2 is 2.41 bits per heavy atom. The summed E-state index contributed by atoms with van der Waals surface area (Å²) in [7, 11) is 0. The minimum Gasteiger partial charge on any atom is -0.381 e. The fraction of sp³-hybridized carbons (Fsp3) is 0.417. The van der Waals surface area contributed by atoms with Gasteiger partial charge in [0.25, 0.3) is 0 Å². The molecule has 1 atom stereocenters. The minimum absolute atomic E-state index is 0.183. The van der Waals surface area contributed by atoms with Crippen LogP contribution in [0.15, 0.2) is 23.0 Å². The van der Waals surface area contributed by atoms with Gasteiger partial charge in [0.1, 0.15) is 5.82 Å². The number of nitrogens with one attached hydrogen (secondary N) is 1. The summed E-state index contributed by atoms with van der Waals surface area (Å²) in [6.07, 6.45) is 0.973. The summed E-state index contributed by atoms with van der Waals surface area (Å²) in [5.41, 5.74) is 1.12. The summed E-state index contributed by atoms with van der Waals surface area (Å²) in [5.74, 6) is 0.0341. The minimum atomic E-state index is -0.338. The van der Waals surface area contributed by atoms with Gasteiger partial charge >= 0.3 is 5.69 Å². The number of rotatable bonds is 2. The van der Waals surface area contributed by atoms with Crippen LogP contribution in [-0.4, -0.2) is 22.8 Å². The van der Waals surface area contributed by atoms with E-state index in [1.807, 2.05) is 0 Å². The summed E-state index contributed by atoms with van der Waals surface area (Å²) in [6, 6.07) is 4.36. The van der Waals surface area contributed by atoms with Crippen LogP contribution in [0.3, 0.4) is 0 Å². The number of nitrogens with zero attached hydrogens (tertiary/aromatic N) is 1. The molecule has 3 rings (SSSR count).